The van der Waals surface area contributed by atoms with Crippen molar-refractivity contribution >= 4 is 38.7 Å². The number of carbonyl (C=O) groups is 1. The first kappa shape index (κ1) is 22.3. The number of amides is 1. The molecule has 0 spiro atoms. The molecule has 0 fully saturated rings. The molecule has 1 amide bonds. The number of hydrogen-bond donors (Lipinski definition) is 0. The fraction of sp³-hybridized carbons (Fsp3) is 0.227. The van der Waals surface area contributed by atoms with Crippen LogP contribution in [0.3, 0.4) is 0 Å². The van der Waals surface area contributed by atoms with Gasteiger partial charge in [-0.2, -0.15) is 0 Å². The first-order chi connectivity index (χ1) is 14.4. The summed E-state index contributed by atoms with van der Waals surface area (Å²) in [7, 11) is -2.00. The number of benzene rings is 2. The average molecular weight is 464 g/mol. The molecule has 0 aliphatic carbocycles. The number of ether oxygens (including phenoxy) is 1. The van der Waals surface area contributed by atoms with Crippen LogP contribution in [0.5, 0.6) is 5.75 Å². The van der Waals surface area contributed by atoms with Gasteiger partial charge in [-0.25, -0.2) is 8.42 Å². The standard InChI is InChI=1S/C22H22ClNO4S2/c1-28-21-7-3-2-5-17(21)15-24(16-19-6-4-13-29-19)22(25)12-14-30(26,27)20-10-8-18(23)9-11-20/h2-11,13H,12,14-16H2,1H3. The zero-order valence-electron chi connectivity index (χ0n) is 16.5. The number of hydrogen-bond acceptors (Lipinski definition) is 5. The molecule has 0 unspecified atom stereocenters. The molecule has 2 aromatic carbocycles. The van der Waals surface area contributed by atoms with Gasteiger partial charge in [-0.15, -0.1) is 11.3 Å². The van der Waals surface area contributed by atoms with Crippen molar-refractivity contribution in [3.63, 3.8) is 0 Å². The van der Waals surface area contributed by atoms with Crippen molar-refractivity contribution in [3.8, 4) is 5.75 Å². The average Bonchev–Trinajstić information content (AvgIpc) is 3.25. The first-order valence-corrected chi connectivity index (χ1v) is 12.2. The highest BCUT2D eigenvalue weighted by molar-refractivity contribution is 7.91. The number of rotatable bonds is 9. The van der Waals surface area contributed by atoms with Crippen molar-refractivity contribution in [2.75, 3.05) is 12.9 Å². The predicted octanol–water partition coefficient (Wildman–Crippen LogP) is 4.80. The van der Waals surface area contributed by atoms with E-state index < -0.39 is 9.84 Å². The van der Waals surface area contributed by atoms with Gasteiger partial charge in [0, 0.05) is 28.4 Å². The number of carbonyl (C=O) groups excluding carboxylic acids is 1. The number of halogens is 1. The molecule has 0 atom stereocenters. The lowest BCUT2D eigenvalue weighted by molar-refractivity contribution is -0.132. The summed E-state index contributed by atoms with van der Waals surface area (Å²) in [6.07, 6.45) is -0.106. The highest BCUT2D eigenvalue weighted by Gasteiger charge is 2.21. The summed E-state index contributed by atoms with van der Waals surface area (Å²) in [5, 5.41) is 2.41. The minimum Gasteiger partial charge on any atom is -0.496 e. The zero-order chi connectivity index (χ0) is 21.6. The normalized spacial score (nSPS) is 11.3. The van der Waals surface area contributed by atoms with Crippen molar-refractivity contribution in [3.05, 3.63) is 81.5 Å². The molecule has 30 heavy (non-hydrogen) atoms. The van der Waals surface area contributed by atoms with Crippen molar-refractivity contribution in [2.24, 2.45) is 0 Å². The van der Waals surface area contributed by atoms with Crippen LogP contribution < -0.4 is 4.74 Å². The van der Waals surface area contributed by atoms with Gasteiger partial charge in [0.15, 0.2) is 9.84 Å². The minimum atomic E-state index is -3.58. The number of sulfone groups is 1. The van der Waals surface area contributed by atoms with Crippen molar-refractivity contribution < 1.29 is 17.9 Å². The molecule has 0 saturated heterocycles. The lowest BCUT2D eigenvalue weighted by Gasteiger charge is -2.23. The van der Waals surface area contributed by atoms with Gasteiger partial charge < -0.3 is 9.64 Å². The maximum absolute atomic E-state index is 13.0. The van der Waals surface area contributed by atoms with Crippen molar-refractivity contribution in [1.82, 2.24) is 4.90 Å². The Hall–Kier alpha value is -2.35. The van der Waals surface area contributed by atoms with Crippen LogP contribution in [0.2, 0.25) is 5.02 Å². The van der Waals surface area contributed by atoms with Gasteiger partial charge in [0.25, 0.3) is 0 Å². The van der Waals surface area contributed by atoms with E-state index >= 15 is 0 Å². The summed E-state index contributed by atoms with van der Waals surface area (Å²) < 4.78 is 30.6. The Labute approximate surface area is 185 Å². The van der Waals surface area contributed by atoms with Gasteiger partial charge in [-0.05, 0) is 41.8 Å². The summed E-state index contributed by atoms with van der Waals surface area (Å²) in [4.78, 5) is 15.9. The summed E-state index contributed by atoms with van der Waals surface area (Å²) in [5.41, 5.74) is 0.866. The molecule has 3 rings (SSSR count). The van der Waals surface area contributed by atoms with Crippen LogP contribution >= 0.6 is 22.9 Å². The molecule has 5 nitrogen and oxygen atoms in total. The Morgan fingerprint density at radius 3 is 2.43 bits per heavy atom. The van der Waals surface area contributed by atoms with Gasteiger partial charge in [-0.3, -0.25) is 4.79 Å². The van der Waals surface area contributed by atoms with E-state index in [0.29, 0.717) is 23.9 Å². The van der Waals surface area contributed by atoms with E-state index in [4.69, 9.17) is 16.3 Å². The number of thiophene rings is 1. The minimum absolute atomic E-state index is 0.106. The monoisotopic (exact) mass is 463 g/mol. The third kappa shape index (κ3) is 5.84. The number of para-hydroxylation sites is 1. The van der Waals surface area contributed by atoms with E-state index in [1.807, 2.05) is 41.8 Å². The van der Waals surface area contributed by atoms with Gasteiger partial charge in [-0.1, -0.05) is 35.9 Å². The molecule has 0 aliphatic heterocycles. The molecule has 0 bridgehead atoms. The summed E-state index contributed by atoms with van der Waals surface area (Å²) >= 11 is 7.39. The van der Waals surface area contributed by atoms with Crippen LogP contribution in [0.1, 0.15) is 16.9 Å². The molecule has 0 aliphatic rings. The van der Waals surface area contributed by atoms with Crippen LogP contribution in [0.4, 0.5) is 0 Å². The van der Waals surface area contributed by atoms with Gasteiger partial charge >= 0.3 is 0 Å². The third-order valence-electron chi connectivity index (χ3n) is 4.59. The van der Waals surface area contributed by atoms with Crippen molar-refractivity contribution in [1.29, 1.82) is 0 Å². The maximum atomic E-state index is 13.0. The van der Waals surface area contributed by atoms with E-state index in [2.05, 4.69) is 0 Å². The Balaban J connectivity index is 1.75. The van der Waals surface area contributed by atoms with Crippen molar-refractivity contribution in [2.45, 2.75) is 24.4 Å². The molecular formula is C22H22ClNO4S2. The highest BCUT2D eigenvalue weighted by Crippen LogP contribution is 2.23. The summed E-state index contributed by atoms with van der Waals surface area (Å²) in [6, 6.07) is 17.4. The second-order valence-corrected chi connectivity index (χ2v) is 10.2. The molecule has 1 heterocycles. The molecule has 0 radical (unpaired) electrons. The third-order valence-corrected chi connectivity index (χ3v) is 7.44. The van der Waals surface area contributed by atoms with Gasteiger partial charge in [0.05, 0.1) is 24.3 Å². The van der Waals surface area contributed by atoms with E-state index in [-0.39, 0.29) is 23.0 Å². The topological polar surface area (TPSA) is 63.7 Å². The fourth-order valence-corrected chi connectivity index (χ4v) is 5.08. The Morgan fingerprint density at radius 2 is 1.77 bits per heavy atom. The molecule has 1 aromatic heterocycles. The smallest absolute Gasteiger partial charge is 0.224 e. The molecule has 8 heteroatoms. The molecule has 0 saturated carbocycles. The predicted molar refractivity (Wildman–Crippen MR) is 120 cm³/mol. The second kappa shape index (κ2) is 10.1. The SMILES string of the molecule is COc1ccccc1CN(Cc1cccs1)C(=O)CCS(=O)(=O)c1ccc(Cl)cc1. The Kier molecular flexibility index (Phi) is 7.53. The van der Waals surface area contributed by atoms with E-state index in [0.717, 1.165) is 10.4 Å². The fourth-order valence-electron chi connectivity index (χ4n) is 3.00. The van der Waals surface area contributed by atoms with E-state index in [9.17, 15) is 13.2 Å². The zero-order valence-corrected chi connectivity index (χ0v) is 18.8. The molecule has 0 N–H and O–H groups in total. The largest absolute Gasteiger partial charge is 0.496 e. The van der Waals surface area contributed by atoms with Crippen LogP contribution in [0, 0.1) is 0 Å². The number of nitrogens with zero attached hydrogens (tertiary/aromatic N) is 1. The lowest BCUT2D eigenvalue weighted by Crippen LogP contribution is -2.31. The van der Waals surface area contributed by atoms with Gasteiger partial charge in [0.1, 0.15) is 5.75 Å². The van der Waals surface area contributed by atoms with Gasteiger partial charge in [0.2, 0.25) is 5.91 Å². The summed E-state index contributed by atoms with van der Waals surface area (Å²) in [5.74, 6) is 0.197. The highest BCUT2D eigenvalue weighted by atomic mass is 35.5. The molecular weight excluding hydrogens is 442 g/mol. The van der Waals surface area contributed by atoms with E-state index in [1.165, 1.54) is 24.3 Å². The second-order valence-electron chi connectivity index (χ2n) is 6.66. The quantitative estimate of drug-likeness (QED) is 0.457. The molecule has 158 valence electrons. The summed E-state index contributed by atoms with van der Waals surface area (Å²) in [6.45, 7) is 0.747. The van der Waals surface area contributed by atoms with Crippen LogP contribution in [-0.2, 0) is 27.7 Å². The lowest BCUT2D eigenvalue weighted by atomic mass is 10.1. The van der Waals surface area contributed by atoms with Crippen LogP contribution in [0.25, 0.3) is 0 Å². The Morgan fingerprint density at radius 1 is 1.03 bits per heavy atom. The van der Waals surface area contributed by atoms with E-state index in [1.54, 1.807) is 23.3 Å². The maximum Gasteiger partial charge on any atom is 0.224 e. The van der Waals surface area contributed by atoms with Crippen LogP contribution in [-0.4, -0.2) is 32.1 Å². The molecule has 3 aromatic rings. The number of methoxy groups -OCH3 is 1. The Bertz CT molecular complexity index is 1080. The van der Waals surface area contributed by atoms with Crippen LogP contribution in [0.15, 0.2) is 70.9 Å². The first-order valence-electron chi connectivity index (χ1n) is 9.29.